The van der Waals surface area contributed by atoms with Crippen molar-refractivity contribution in [2.45, 2.75) is 24.7 Å². The van der Waals surface area contributed by atoms with Crippen molar-refractivity contribution < 1.29 is 19.3 Å². The first-order valence-electron chi connectivity index (χ1n) is 5.66. The molecule has 0 bridgehead atoms. The van der Waals surface area contributed by atoms with Crippen molar-refractivity contribution in [3.63, 3.8) is 0 Å². The molecule has 1 aliphatic rings. The van der Waals surface area contributed by atoms with Gasteiger partial charge < -0.3 is 19.3 Å². The molecule has 0 aromatic carbocycles. The summed E-state index contributed by atoms with van der Waals surface area (Å²) in [5, 5.41) is 9.59. The summed E-state index contributed by atoms with van der Waals surface area (Å²) in [4.78, 5) is 3.97. The largest absolute Gasteiger partial charge is 0.486 e. The van der Waals surface area contributed by atoms with Gasteiger partial charge in [-0.25, -0.2) is 0 Å². The molecule has 2 rings (SSSR count). The lowest BCUT2D eigenvalue weighted by atomic mass is 9.88. The average Bonchev–Trinajstić information content (AvgIpc) is 2.35. The first kappa shape index (κ1) is 12.3. The van der Waals surface area contributed by atoms with Gasteiger partial charge in [0.1, 0.15) is 18.0 Å². The van der Waals surface area contributed by atoms with E-state index < -0.39 is 6.10 Å². The first-order chi connectivity index (χ1) is 8.31. The minimum Gasteiger partial charge on any atom is -0.486 e. The fourth-order valence-corrected chi connectivity index (χ4v) is 1.75. The lowest BCUT2D eigenvalue weighted by Gasteiger charge is -2.40. The zero-order chi connectivity index (χ0) is 12.1. The van der Waals surface area contributed by atoms with E-state index in [-0.39, 0.29) is 12.2 Å². The SMILES string of the molecule is COCCOC1C(O)CC1Oc1cccnc1. The second-order valence-electron chi connectivity index (χ2n) is 3.98. The summed E-state index contributed by atoms with van der Waals surface area (Å²) in [7, 11) is 1.62. The molecule has 5 heteroatoms. The molecule has 0 aliphatic heterocycles. The van der Waals surface area contributed by atoms with Gasteiger partial charge in [0.2, 0.25) is 0 Å². The Morgan fingerprint density at radius 1 is 1.47 bits per heavy atom. The van der Waals surface area contributed by atoms with Crippen molar-refractivity contribution in [2.75, 3.05) is 20.3 Å². The van der Waals surface area contributed by atoms with Crippen LogP contribution in [-0.2, 0) is 9.47 Å². The van der Waals surface area contributed by atoms with Gasteiger partial charge >= 0.3 is 0 Å². The molecule has 0 amide bonds. The highest BCUT2D eigenvalue weighted by Gasteiger charge is 2.42. The number of aromatic nitrogens is 1. The zero-order valence-corrected chi connectivity index (χ0v) is 9.78. The van der Waals surface area contributed by atoms with Gasteiger partial charge in [0.15, 0.2) is 0 Å². The highest BCUT2D eigenvalue weighted by Crippen LogP contribution is 2.28. The van der Waals surface area contributed by atoms with Gasteiger partial charge in [0.05, 0.1) is 25.5 Å². The Kier molecular flexibility index (Phi) is 4.30. The summed E-state index contributed by atoms with van der Waals surface area (Å²) in [6.07, 6.45) is 3.10. The Morgan fingerprint density at radius 3 is 3.00 bits per heavy atom. The predicted molar refractivity (Wildman–Crippen MR) is 60.9 cm³/mol. The van der Waals surface area contributed by atoms with Crippen LogP contribution in [-0.4, -0.2) is 48.7 Å². The van der Waals surface area contributed by atoms with Gasteiger partial charge in [0, 0.05) is 19.7 Å². The molecule has 94 valence electrons. The molecular formula is C12H17NO4. The van der Waals surface area contributed by atoms with Gasteiger partial charge in [-0.3, -0.25) is 4.98 Å². The number of nitrogens with zero attached hydrogens (tertiary/aromatic N) is 1. The molecule has 0 saturated heterocycles. The Labute approximate surface area is 100 Å². The Bertz CT molecular complexity index is 333. The third-order valence-electron chi connectivity index (χ3n) is 2.74. The van der Waals surface area contributed by atoms with Crippen molar-refractivity contribution in [3.8, 4) is 5.75 Å². The van der Waals surface area contributed by atoms with Crippen LogP contribution >= 0.6 is 0 Å². The summed E-state index contributed by atoms with van der Waals surface area (Å²) >= 11 is 0. The van der Waals surface area contributed by atoms with E-state index in [4.69, 9.17) is 14.2 Å². The topological polar surface area (TPSA) is 60.8 Å². The number of aliphatic hydroxyl groups excluding tert-OH is 1. The molecular weight excluding hydrogens is 222 g/mol. The first-order valence-corrected chi connectivity index (χ1v) is 5.66. The van der Waals surface area contributed by atoms with Gasteiger partial charge in [-0.15, -0.1) is 0 Å². The fourth-order valence-electron chi connectivity index (χ4n) is 1.75. The van der Waals surface area contributed by atoms with E-state index in [9.17, 15) is 5.11 Å². The second kappa shape index (κ2) is 5.95. The number of aliphatic hydroxyl groups is 1. The highest BCUT2D eigenvalue weighted by molar-refractivity contribution is 5.17. The highest BCUT2D eigenvalue weighted by atomic mass is 16.6. The molecule has 17 heavy (non-hydrogen) atoms. The summed E-state index contributed by atoms with van der Waals surface area (Å²) < 4.78 is 16.1. The average molecular weight is 239 g/mol. The smallest absolute Gasteiger partial charge is 0.138 e. The lowest BCUT2D eigenvalue weighted by Crippen LogP contribution is -2.55. The Balaban J connectivity index is 1.81. The molecule has 1 aromatic heterocycles. The van der Waals surface area contributed by atoms with Crippen molar-refractivity contribution in [2.24, 2.45) is 0 Å². The number of hydrogen-bond donors (Lipinski definition) is 1. The van der Waals surface area contributed by atoms with Crippen LogP contribution in [0.25, 0.3) is 0 Å². The van der Waals surface area contributed by atoms with Crippen LogP contribution < -0.4 is 4.74 Å². The summed E-state index contributed by atoms with van der Waals surface area (Å²) in [6.45, 7) is 0.980. The molecule has 1 aliphatic carbocycles. The molecule has 3 atom stereocenters. The molecule has 1 N–H and O–H groups in total. The molecule has 0 spiro atoms. The van der Waals surface area contributed by atoms with E-state index in [1.54, 1.807) is 19.5 Å². The van der Waals surface area contributed by atoms with Crippen molar-refractivity contribution in [1.29, 1.82) is 0 Å². The maximum absolute atomic E-state index is 9.59. The summed E-state index contributed by atoms with van der Waals surface area (Å²) in [5.41, 5.74) is 0. The third kappa shape index (κ3) is 3.15. The monoisotopic (exact) mass is 239 g/mol. The molecule has 1 fully saturated rings. The minimum atomic E-state index is -0.450. The van der Waals surface area contributed by atoms with Crippen LogP contribution in [0.4, 0.5) is 0 Å². The van der Waals surface area contributed by atoms with Crippen LogP contribution in [0.3, 0.4) is 0 Å². The van der Waals surface area contributed by atoms with Crippen LogP contribution in [0, 0.1) is 0 Å². The number of rotatable bonds is 6. The quantitative estimate of drug-likeness (QED) is 0.738. The van der Waals surface area contributed by atoms with Gasteiger partial charge in [-0.1, -0.05) is 0 Å². The van der Waals surface area contributed by atoms with Gasteiger partial charge in [-0.2, -0.15) is 0 Å². The molecule has 5 nitrogen and oxygen atoms in total. The minimum absolute atomic E-state index is 0.106. The standard InChI is InChI=1S/C12H17NO4/c1-15-5-6-16-12-10(14)7-11(12)17-9-3-2-4-13-8-9/h2-4,8,10-12,14H,5-7H2,1H3. The van der Waals surface area contributed by atoms with Crippen molar-refractivity contribution >= 4 is 0 Å². The van der Waals surface area contributed by atoms with E-state index in [2.05, 4.69) is 4.98 Å². The molecule has 1 saturated carbocycles. The number of pyridine rings is 1. The maximum atomic E-state index is 9.59. The van der Waals surface area contributed by atoms with Crippen LogP contribution in [0.1, 0.15) is 6.42 Å². The van der Waals surface area contributed by atoms with E-state index >= 15 is 0 Å². The fraction of sp³-hybridized carbons (Fsp3) is 0.583. The van der Waals surface area contributed by atoms with Crippen LogP contribution in [0.5, 0.6) is 5.75 Å². The number of methoxy groups -OCH3 is 1. The Morgan fingerprint density at radius 2 is 2.35 bits per heavy atom. The number of ether oxygens (including phenoxy) is 3. The molecule has 3 unspecified atom stereocenters. The van der Waals surface area contributed by atoms with Gasteiger partial charge in [0.25, 0.3) is 0 Å². The maximum Gasteiger partial charge on any atom is 0.138 e. The van der Waals surface area contributed by atoms with E-state index in [0.29, 0.717) is 25.4 Å². The summed E-state index contributed by atoms with van der Waals surface area (Å²) in [5.74, 6) is 0.699. The summed E-state index contributed by atoms with van der Waals surface area (Å²) in [6, 6.07) is 3.65. The van der Waals surface area contributed by atoms with E-state index in [1.807, 2.05) is 12.1 Å². The number of hydrogen-bond acceptors (Lipinski definition) is 5. The van der Waals surface area contributed by atoms with E-state index in [1.165, 1.54) is 0 Å². The predicted octanol–water partition coefficient (Wildman–Crippen LogP) is 0.625. The van der Waals surface area contributed by atoms with Crippen molar-refractivity contribution in [1.82, 2.24) is 4.98 Å². The van der Waals surface area contributed by atoms with E-state index in [0.717, 1.165) is 0 Å². The zero-order valence-electron chi connectivity index (χ0n) is 9.78. The molecule has 1 heterocycles. The molecule has 0 radical (unpaired) electrons. The Hall–Kier alpha value is -1.17. The third-order valence-corrected chi connectivity index (χ3v) is 2.74. The lowest BCUT2D eigenvalue weighted by molar-refractivity contribution is -0.167. The molecule has 1 aromatic rings. The van der Waals surface area contributed by atoms with Crippen LogP contribution in [0.2, 0.25) is 0 Å². The second-order valence-corrected chi connectivity index (χ2v) is 3.98. The van der Waals surface area contributed by atoms with Crippen molar-refractivity contribution in [3.05, 3.63) is 24.5 Å². The van der Waals surface area contributed by atoms with Crippen LogP contribution in [0.15, 0.2) is 24.5 Å². The normalized spacial score (nSPS) is 27.5. The van der Waals surface area contributed by atoms with Gasteiger partial charge in [-0.05, 0) is 12.1 Å².